The van der Waals surface area contributed by atoms with Crippen LogP contribution >= 0.6 is 0 Å². The molecule has 5 nitrogen and oxygen atoms in total. The van der Waals surface area contributed by atoms with Gasteiger partial charge in [-0.2, -0.15) is 5.10 Å². The van der Waals surface area contributed by atoms with Crippen molar-refractivity contribution in [2.45, 2.75) is 32.9 Å². The monoisotopic (exact) mass is 287 g/mol. The van der Waals surface area contributed by atoms with Crippen molar-refractivity contribution in [3.63, 3.8) is 0 Å². The maximum absolute atomic E-state index is 6.07. The fourth-order valence-electron chi connectivity index (χ4n) is 2.72. The van der Waals surface area contributed by atoms with Crippen LogP contribution in [-0.2, 0) is 20.0 Å². The molecule has 0 aliphatic rings. The van der Waals surface area contributed by atoms with Gasteiger partial charge in [-0.05, 0) is 25.1 Å². The molecule has 0 aliphatic heterocycles. The third-order valence-corrected chi connectivity index (χ3v) is 3.79. The number of likely N-dealkylation sites (N-methyl/N-ethyl adjacent to an activating group) is 1. The molecule has 1 unspecified atom stereocenters. The third-order valence-electron chi connectivity index (χ3n) is 3.79. The van der Waals surface area contributed by atoms with Crippen LogP contribution in [0.3, 0.4) is 0 Å². The summed E-state index contributed by atoms with van der Waals surface area (Å²) in [6.45, 7) is 6.61. The zero-order valence-electron chi connectivity index (χ0n) is 13.2. The van der Waals surface area contributed by atoms with E-state index in [4.69, 9.17) is 5.73 Å². The average molecular weight is 287 g/mol. The molecule has 21 heavy (non-hydrogen) atoms. The van der Waals surface area contributed by atoms with Crippen LogP contribution in [0.4, 0.5) is 0 Å². The molecule has 0 saturated carbocycles. The highest BCUT2D eigenvalue weighted by Gasteiger charge is 2.22. The lowest BCUT2D eigenvalue weighted by Gasteiger charge is -2.29. The fourth-order valence-corrected chi connectivity index (χ4v) is 2.72. The first-order valence-electron chi connectivity index (χ1n) is 7.56. The smallest absolute Gasteiger partial charge is 0.0670 e. The highest BCUT2D eigenvalue weighted by molar-refractivity contribution is 5.22. The lowest BCUT2D eigenvalue weighted by Crippen LogP contribution is -2.34. The average Bonchev–Trinajstić information content (AvgIpc) is 2.89. The number of nitrogens with zero attached hydrogens (tertiary/aromatic N) is 4. The summed E-state index contributed by atoms with van der Waals surface area (Å²) in [5, 5.41) is 4.54. The molecule has 2 N–H and O–H groups in total. The van der Waals surface area contributed by atoms with Crippen molar-refractivity contribution in [3.8, 4) is 0 Å². The van der Waals surface area contributed by atoms with Gasteiger partial charge in [0.25, 0.3) is 0 Å². The van der Waals surface area contributed by atoms with Crippen molar-refractivity contribution in [2.75, 3.05) is 13.1 Å². The van der Waals surface area contributed by atoms with Crippen molar-refractivity contribution >= 4 is 0 Å². The Morgan fingerprint density at radius 1 is 1.33 bits per heavy atom. The van der Waals surface area contributed by atoms with Crippen LogP contribution in [0.15, 0.2) is 30.6 Å². The van der Waals surface area contributed by atoms with Gasteiger partial charge < -0.3 is 5.73 Å². The van der Waals surface area contributed by atoms with Crippen LogP contribution in [0.1, 0.15) is 36.8 Å². The van der Waals surface area contributed by atoms with E-state index in [0.717, 1.165) is 30.9 Å². The largest absolute Gasteiger partial charge is 0.329 e. The van der Waals surface area contributed by atoms with E-state index >= 15 is 0 Å². The Bertz CT molecular complexity index is 549. The van der Waals surface area contributed by atoms with E-state index < -0.39 is 0 Å². The van der Waals surface area contributed by atoms with Gasteiger partial charge in [-0.3, -0.25) is 14.6 Å². The number of aryl methyl sites for hydroxylation is 2. The lowest BCUT2D eigenvalue weighted by molar-refractivity contribution is 0.200. The number of hydrogen-bond acceptors (Lipinski definition) is 4. The van der Waals surface area contributed by atoms with Gasteiger partial charge in [0.1, 0.15) is 0 Å². The maximum Gasteiger partial charge on any atom is 0.0670 e. The molecule has 2 rings (SSSR count). The van der Waals surface area contributed by atoms with Gasteiger partial charge in [0, 0.05) is 38.1 Å². The van der Waals surface area contributed by atoms with Crippen molar-refractivity contribution in [3.05, 3.63) is 47.5 Å². The molecule has 0 aliphatic carbocycles. The topological polar surface area (TPSA) is 60.0 Å². The number of nitrogens with two attached hydrogens (primary N) is 1. The quantitative estimate of drug-likeness (QED) is 0.845. The van der Waals surface area contributed by atoms with E-state index in [2.05, 4.69) is 41.1 Å². The second-order valence-corrected chi connectivity index (χ2v) is 5.19. The summed E-state index contributed by atoms with van der Waals surface area (Å²) in [6, 6.07) is 6.20. The summed E-state index contributed by atoms with van der Waals surface area (Å²) in [7, 11) is 1.96. The second kappa shape index (κ2) is 7.33. The molecule has 0 amide bonds. The Kier molecular flexibility index (Phi) is 5.47. The molecule has 2 aromatic heterocycles. The predicted octanol–water partition coefficient (Wildman–Crippen LogP) is 1.90. The molecular weight excluding hydrogens is 262 g/mol. The normalized spacial score (nSPS) is 12.8. The molecule has 0 spiro atoms. The zero-order valence-corrected chi connectivity index (χ0v) is 13.2. The Labute approximate surface area is 126 Å². The van der Waals surface area contributed by atoms with Crippen LogP contribution in [0, 0.1) is 0 Å². The number of hydrogen-bond donors (Lipinski definition) is 1. The molecule has 0 saturated heterocycles. The first-order chi connectivity index (χ1) is 10.2. The Morgan fingerprint density at radius 3 is 2.71 bits per heavy atom. The Hall–Kier alpha value is -1.72. The summed E-state index contributed by atoms with van der Waals surface area (Å²) < 4.78 is 1.88. The van der Waals surface area contributed by atoms with Crippen molar-refractivity contribution in [1.29, 1.82) is 0 Å². The molecule has 0 fully saturated rings. The van der Waals surface area contributed by atoms with Gasteiger partial charge >= 0.3 is 0 Å². The minimum atomic E-state index is 0.181. The van der Waals surface area contributed by atoms with Gasteiger partial charge in [0.2, 0.25) is 0 Å². The molecule has 114 valence electrons. The minimum absolute atomic E-state index is 0.181. The van der Waals surface area contributed by atoms with Gasteiger partial charge in [-0.25, -0.2) is 0 Å². The molecule has 2 aromatic rings. The van der Waals surface area contributed by atoms with E-state index in [0.29, 0.717) is 6.54 Å². The molecule has 1 atom stereocenters. The zero-order chi connectivity index (χ0) is 15.2. The number of rotatable bonds is 7. The van der Waals surface area contributed by atoms with Gasteiger partial charge in [0.15, 0.2) is 0 Å². The van der Waals surface area contributed by atoms with E-state index in [-0.39, 0.29) is 6.04 Å². The summed E-state index contributed by atoms with van der Waals surface area (Å²) in [5.74, 6) is 0. The summed E-state index contributed by atoms with van der Waals surface area (Å²) in [5.41, 5.74) is 9.51. The van der Waals surface area contributed by atoms with Crippen LogP contribution in [-0.4, -0.2) is 32.8 Å². The molecular formula is C16H25N5. The fraction of sp³-hybridized carbons (Fsp3) is 0.500. The molecule has 0 radical (unpaired) electrons. The number of pyridine rings is 1. The van der Waals surface area contributed by atoms with Gasteiger partial charge in [0.05, 0.1) is 17.4 Å². The predicted molar refractivity (Wildman–Crippen MR) is 84.7 cm³/mol. The highest BCUT2D eigenvalue weighted by Crippen LogP contribution is 2.24. The first kappa shape index (κ1) is 15.7. The SMILES string of the molecule is CCc1nn(C)cc1C(CN)N(CC)Cc1ccccn1. The second-order valence-electron chi connectivity index (χ2n) is 5.19. The van der Waals surface area contributed by atoms with Crippen molar-refractivity contribution in [1.82, 2.24) is 19.7 Å². The highest BCUT2D eigenvalue weighted by atomic mass is 15.3. The standard InChI is InChI=1S/C16H25N5/c1-4-15-14(12-20(3)19-15)16(10-17)21(5-2)11-13-8-6-7-9-18-13/h6-9,12,16H,4-5,10-11,17H2,1-3H3. The Morgan fingerprint density at radius 2 is 2.14 bits per heavy atom. The summed E-state index contributed by atoms with van der Waals surface area (Å²) in [4.78, 5) is 6.78. The first-order valence-corrected chi connectivity index (χ1v) is 7.56. The van der Waals surface area contributed by atoms with E-state index in [1.165, 1.54) is 5.56 Å². The maximum atomic E-state index is 6.07. The minimum Gasteiger partial charge on any atom is -0.329 e. The van der Waals surface area contributed by atoms with Crippen LogP contribution in [0.2, 0.25) is 0 Å². The molecule has 5 heteroatoms. The van der Waals surface area contributed by atoms with Crippen LogP contribution < -0.4 is 5.73 Å². The van der Waals surface area contributed by atoms with Crippen molar-refractivity contribution in [2.24, 2.45) is 12.8 Å². The summed E-state index contributed by atoms with van der Waals surface area (Å²) >= 11 is 0. The van der Waals surface area contributed by atoms with E-state index in [1.54, 1.807) is 0 Å². The van der Waals surface area contributed by atoms with Crippen molar-refractivity contribution < 1.29 is 0 Å². The third kappa shape index (κ3) is 3.68. The van der Waals surface area contributed by atoms with Crippen LogP contribution in [0.25, 0.3) is 0 Å². The Balaban J connectivity index is 2.24. The molecule has 2 heterocycles. The number of aromatic nitrogens is 3. The summed E-state index contributed by atoms with van der Waals surface area (Å²) in [6.07, 6.45) is 4.85. The lowest BCUT2D eigenvalue weighted by atomic mass is 10.0. The van der Waals surface area contributed by atoms with Gasteiger partial charge in [-0.15, -0.1) is 0 Å². The van der Waals surface area contributed by atoms with E-state index in [9.17, 15) is 0 Å². The molecule has 0 bridgehead atoms. The van der Waals surface area contributed by atoms with Gasteiger partial charge in [-0.1, -0.05) is 19.9 Å². The van der Waals surface area contributed by atoms with Crippen LogP contribution in [0.5, 0.6) is 0 Å². The molecule has 0 aromatic carbocycles. The van der Waals surface area contributed by atoms with E-state index in [1.807, 2.05) is 30.1 Å².